The number of amides is 3. The maximum atomic E-state index is 13.7. The zero-order valence-corrected chi connectivity index (χ0v) is 19.7. The van der Waals surface area contributed by atoms with Crippen molar-refractivity contribution in [3.63, 3.8) is 0 Å². The van der Waals surface area contributed by atoms with Crippen molar-refractivity contribution in [1.29, 1.82) is 0 Å². The van der Waals surface area contributed by atoms with Gasteiger partial charge in [-0.2, -0.15) is 0 Å². The van der Waals surface area contributed by atoms with Gasteiger partial charge in [0, 0.05) is 31.0 Å². The number of carbonyl (C=O) groups excluding carboxylic acids is 3. The molecular formula is C24H33N3O4S. The number of hydrogen-bond acceptors (Lipinski definition) is 5. The fourth-order valence-electron chi connectivity index (χ4n) is 5.87. The number of fused-ring (bicyclic) bond motifs is 1. The lowest BCUT2D eigenvalue weighted by atomic mass is 9.66. The molecule has 1 aromatic carbocycles. The van der Waals surface area contributed by atoms with Gasteiger partial charge in [-0.05, 0) is 38.2 Å². The quantitative estimate of drug-likeness (QED) is 0.548. The van der Waals surface area contributed by atoms with Gasteiger partial charge in [0.25, 0.3) is 0 Å². The van der Waals surface area contributed by atoms with E-state index in [4.69, 9.17) is 0 Å². The summed E-state index contributed by atoms with van der Waals surface area (Å²) >= 11 is 1.67. The summed E-state index contributed by atoms with van der Waals surface area (Å²) in [7, 11) is 0. The van der Waals surface area contributed by atoms with Crippen molar-refractivity contribution in [3.8, 4) is 0 Å². The highest BCUT2D eigenvalue weighted by molar-refractivity contribution is 8.02. The molecule has 0 aliphatic carbocycles. The van der Waals surface area contributed by atoms with E-state index < -0.39 is 22.6 Å². The number of rotatable bonds is 8. The molecule has 0 saturated carbocycles. The van der Waals surface area contributed by atoms with E-state index in [9.17, 15) is 19.5 Å². The number of aliphatic hydroxyl groups excluding tert-OH is 1. The molecular weight excluding hydrogens is 426 g/mol. The van der Waals surface area contributed by atoms with Crippen molar-refractivity contribution >= 4 is 29.5 Å². The first kappa shape index (κ1) is 23.1. The first-order chi connectivity index (χ1) is 15.3. The molecule has 3 amide bonds. The van der Waals surface area contributed by atoms with Crippen molar-refractivity contribution in [2.75, 3.05) is 13.2 Å². The van der Waals surface area contributed by atoms with Crippen LogP contribution >= 0.6 is 11.8 Å². The van der Waals surface area contributed by atoms with Gasteiger partial charge in [-0.25, -0.2) is 0 Å². The Kier molecular flexibility index (Phi) is 6.54. The van der Waals surface area contributed by atoms with Crippen LogP contribution in [-0.4, -0.2) is 63.0 Å². The predicted molar refractivity (Wildman–Crippen MR) is 124 cm³/mol. The van der Waals surface area contributed by atoms with Gasteiger partial charge in [0.15, 0.2) is 0 Å². The van der Waals surface area contributed by atoms with E-state index in [0.29, 0.717) is 19.5 Å². The molecule has 3 saturated heterocycles. The lowest BCUT2D eigenvalue weighted by molar-refractivity contribution is -0.140. The van der Waals surface area contributed by atoms with E-state index in [1.165, 1.54) is 0 Å². The van der Waals surface area contributed by atoms with Crippen molar-refractivity contribution in [2.45, 2.75) is 62.2 Å². The second-order valence-electron chi connectivity index (χ2n) is 9.53. The summed E-state index contributed by atoms with van der Waals surface area (Å²) < 4.78 is -0.606. The summed E-state index contributed by atoms with van der Waals surface area (Å²) in [6.45, 7) is 6.61. The van der Waals surface area contributed by atoms with Crippen molar-refractivity contribution in [1.82, 2.24) is 15.5 Å². The third kappa shape index (κ3) is 3.71. The predicted octanol–water partition coefficient (Wildman–Crippen LogP) is 1.55. The van der Waals surface area contributed by atoms with Gasteiger partial charge >= 0.3 is 0 Å². The maximum Gasteiger partial charge on any atom is 0.244 e. The average molecular weight is 460 g/mol. The summed E-state index contributed by atoms with van der Waals surface area (Å²) in [5, 5.41) is 15.5. The molecule has 6 atom stereocenters. The van der Waals surface area contributed by atoms with E-state index in [-0.39, 0.29) is 41.5 Å². The standard InChI is InChI=1S/C24H33N3O4S/c1-14(2)26-22(30)20-24-15(3)12-17(32-24)18(19(24)23(31)27(20)10-7-11-28)21(29)25-13-16-8-5-4-6-9-16/h4-6,8-9,14-15,17-20,28H,7,10-13H2,1-3H3,(H,25,29)(H,26,30)/t15?,17-,18+,19-,20?,24?/m0/s1. The van der Waals surface area contributed by atoms with Crippen LogP contribution in [0.5, 0.6) is 0 Å². The third-order valence-electron chi connectivity index (χ3n) is 7.09. The molecule has 4 rings (SSSR count). The van der Waals surface area contributed by atoms with Gasteiger partial charge in [-0.1, -0.05) is 37.3 Å². The molecule has 1 aromatic rings. The first-order valence-corrected chi connectivity index (χ1v) is 12.4. The molecule has 3 aliphatic rings. The Balaban J connectivity index is 1.63. The van der Waals surface area contributed by atoms with Crippen LogP contribution in [0.15, 0.2) is 30.3 Å². The molecule has 3 aliphatic heterocycles. The van der Waals surface area contributed by atoms with E-state index in [2.05, 4.69) is 17.6 Å². The number of benzene rings is 1. The molecule has 0 radical (unpaired) electrons. The monoisotopic (exact) mass is 459 g/mol. The Labute approximate surface area is 193 Å². The summed E-state index contributed by atoms with van der Waals surface area (Å²) in [5.74, 6) is -1.19. The first-order valence-electron chi connectivity index (χ1n) is 11.5. The molecule has 7 nitrogen and oxygen atoms in total. The van der Waals surface area contributed by atoms with Crippen LogP contribution < -0.4 is 10.6 Å². The zero-order chi connectivity index (χ0) is 23.0. The molecule has 32 heavy (non-hydrogen) atoms. The maximum absolute atomic E-state index is 13.7. The van der Waals surface area contributed by atoms with E-state index in [1.54, 1.807) is 16.7 Å². The van der Waals surface area contributed by atoms with Crippen molar-refractivity contribution in [2.24, 2.45) is 17.8 Å². The summed E-state index contributed by atoms with van der Waals surface area (Å²) in [5.41, 5.74) is 1.01. The molecule has 1 spiro atoms. The Hall–Kier alpha value is -2.06. The summed E-state index contributed by atoms with van der Waals surface area (Å²) in [6, 6.07) is 9.06. The summed E-state index contributed by atoms with van der Waals surface area (Å²) in [4.78, 5) is 42.0. The van der Waals surface area contributed by atoms with Crippen LogP contribution in [0, 0.1) is 17.8 Å². The highest BCUT2D eigenvalue weighted by Gasteiger charge is 2.75. The number of nitrogens with zero attached hydrogens (tertiary/aromatic N) is 1. The lowest BCUT2D eigenvalue weighted by Gasteiger charge is -2.39. The van der Waals surface area contributed by atoms with E-state index in [0.717, 1.165) is 12.0 Å². The molecule has 3 unspecified atom stereocenters. The minimum Gasteiger partial charge on any atom is -0.396 e. The zero-order valence-electron chi connectivity index (χ0n) is 18.9. The van der Waals surface area contributed by atoms with Crippen molar-refractivity contribution < 1.29 is 19.5 Å². The van der Waals surface area contributed by atoms with Crippen LogP contribution in [0.1, 0.15) is 39.2 Å². The normalized spacial score (nSPS) is 33.0. The highest BCUT2D eigenvalue weighted by atomic mass is 32.2. The molecule has 3 N–H and O–H groups in total. The molecule has 0 aromatic heterocycles. The molecule has 3 fully saturated rings. The fraction of sp³-hybridized carbons (Fsp3) is 0.625. The Morgan fingerprint density at radius 2 is 1.97 bits per heavy atom. The van der Waals surface area contributed by atoms with Crippen LogP contribution in [0.25, 0.3) is 0 Å². The lowest BCUT2D eigenvalue weighted by Crippen LogP contribution is -2.57. The third-order valence-corrected chi connectivity index (χ3v) is 9.17. The van der Waals surface area contributed by atoms with Gasteiger partial charge in [0.1, 0.15) is 6.04 Å². The van der Waals surface area contributed by atoms with E-state index in [1.807, 2.05) is 44.2 Å². The Morgan fingerprint density at radius 1 is 1.25 bits per heavy atom. The number of carbonyl (C=O) groups is 3. The van der Waals surface area contributed by atoms with E-state index >= 15 is 0 Å². The van der Waals surface area contributed by atoms with Gasteiger partial charge in [0.2, 0.25) is 17.7 Å². The van der Waals surface area contributed by atoms with Crippen LogP contribution in [-0.2, 0) is 20.9 Å². The summed E-state index contributed by atoms with van der Waals surface area (Å²) in [6.07, 6.45) is 1.23. The SMILES string of the molecule is CC(C)NC(=O)C1N(CCCO)C(=O)[C@@H]2[C@H](C(=O)NCc3ccccc3)[C@@H]3CC(C)C12S3. The van der Waals surface area contributed by atoms with Gasteiger partial charge < -0.3 is 20.6 Å². The smallest absolute Gasteiger partial charge is 0.244 e. The van der Waals surface area contributed by atoms with Crippen LogP contribution in [0.2, 0.25) is 0 Å². The molecule has 174 valence electrons. The van der Waals surface area contributed by atoms with Crippen molar-refractivity contribution in [3.05, 3.63) is 35.9 Å². The molecule has 3 heterocycles. The molecule has 2 bridgehead atoms. The fourth-order valence-corrected chi connectivity index (χ4v) is 8.29. The second-order valence-corrected chi connectivity index (χ2v) is 11.1. The van der Waals surface area contributed by atoms with Gasteiger partial charge in [-0.3, -0.25) is 14.4 Å². The number of thioether (sulfide) groups is 1. The Morgan fingerprint density at radius 3 is 2.62 bits per heavy atom. The minimum absolute atomic E-state index is 0.0315. The number of likely N-dealkylation sites (tertiary alicyclic amines) is 1. The number of aliphatic hydroxyl groups is 1. The van der Waals surface area contributed by atoms with Gasteiger partial charge in [0.05, 0.1) is 16.6 Å². The van der Waals surface area contributed by atoms with Crippen LogP contribution in [0.3, 0.4) is 0 Å². The topological polar surface area (TPSA) is 98.7 Å². The highest BCUT2D eigenvalue weighted by Crippen LogP contribution is 2.68. The van der Waals surface area contributed by atoms with Gasteiger partial charge in [-0.15, -0.1) is 11.8 Å². The largest absolute Gasteiger partial charge is 0.396 e. The molecule has 8 heteroatoms. The second kappa shape index (κ2) is 9.06. The minimum atomic E-state index is -0.620. The van der Waals surface area contributed by atoms with Crippen LogP contribution in [0.4, 0.5) is 0 Å². The number of hydrogen-bond donors (Lipinski definition) is 3. The number of nitrogens with one attached hydrogen (secondary N) is 2. The Bertz CT molecular complexity index is 879. The average Bonchev–Trinajstić information content (AvgIpc) is 3.34.